The number of ether oxygens (including phenoxy) is 3. The van der Waals surface area contributed by atoms with Crippen LogP contribution >= 0.6 is 23.2 Å². The summed E-state index contributed by atoms with van der Waals surface area (Å²) < 4.78 is 16.7. The lowest BCUT2D eigenvalue weighted by molar-refractivity contribution is -0.157. The molecule has 4 rings (SSSR count). The van der Waals surface area contributed by atoms with Gasteiger partial charge in [0.2, 0.25) is 5.91 Å². The van der Waals surface area contributed by atoms with Gasteiger partial charge in [0.1, 0.15) is 22.8 Å². The Morgan fingerprint density at radius 3 is 2.19 bits per heavy atom. The first-order chi connectivity index (χ1) is 24.3. The second-order valence-corrected chi connectivity index (χ2v) is 15.0. The molecule has 0 radical (unpaired) electrons. The number of anilines is 3. The Kier molecular flexibility index (Phi) is 12.8. The minimum atomic E-state index is -0.751. The molecule has 0 aliphatic carbocycles. The van der Waals surface area contributed by atoms with Gasteiger partial charge in [0.25, 0.3) is 5.91 Å². The van der Waals surface area contributed by atoms with Gasteiger partial charge in [0, 0.05) is 52.2 Å². The van der Waals surface area contributed by atoms with Crippen LogP contribution in [0.4, 0.5) is 21.9 Å². The van der Waals surface area contributed by atoms with E-state index < -0.39 is 35.8 Å². The molecule has 3 amide bonds. The molecule has 3 aromatic carbocycles. The number of benzene rings is 3. The van der Waals surface area contributed by atoms with Gasteiger partial charge in [-0.3, -0.25) is 25.2 Å². The van der Waals surface area contributed by atoms with E-state index in [1.165, 1.54) is 6.07 Å². The van der Waals surface area contributed by atoms with Crippen molar-refractivity contribution < 1.29 is 33.4 Å². The molecule has 0 spiro atoms. The molecule has 0 bridgehead atoms. The lowest BCUT2D eigenvalue weighted by Gasteiger charge is -2.33. The highest BCUT2D eigenvalue weighted by Crippen LogP contribution is 2.37. The molecule has 0 aromatic heterocycles. The molecule has 1 saturated heterocycles. The molecule has 3 aromatic rings. The predicted molar refractivity (Wildman–Crippen MR) is 202 cm³/mol. The number of halogens is 2. The van der Waals surface area contributed by atoms with Gasteiger partial charge in [-0.15, -0.1) is 0 Å². The number of esters is 1. The van der Waals surface area contributed by atoms with Crippen molar-refractivity contribution in [1.82, 2.24) is 10.2 Å². The fraction of sp³-hybridized carbons (Fsp3) is 0.378. The summed E-state index contributed by atoms with van der Waals surface area (Å²) in [5.41, 5.74) is 0.982. The zero-order chi connectivity index (χ0) is 38.4. The Morgan fingerprint density at radius 1 is 0.885 bits per heavy atom. The van der Waals surface area contributed by atoms with E-state index in [1.807, 2.05) is 11.9 Å². The van der Waals surface area contributed by atoms with Crippen molar-refractivity contribution in [2.45, 2.75) is 59.3 Å². The average Bonchev–Trinajstić information content (AvgIpc) is 3.02. The minimum absolute atomic E-state index is 0.0858. The van der Waals surface area contributed by atoms with Gasteiger partial charge in [-0.2, -0.15) is 0 Å². The molecule has 1 fully saturated rings. The Labute approximate surface area is 313 Å². The number of rotatable bonds is 10. The summed E-state index contributed by atoms with van der Waals surface area (Å²) in [6.07, 6.45) is -0.751. The quantitative estimate of drug-likeness (QED) is 0.100. The highest BCUT2D eigenvalue weighted by Gasteiger charge is 2.28. The number of hydrogen-bond donors (Lipinski definition) is 4. The summed E-state index contributed by atoms with van der Waals surface area (Å²) in [6, 6.07) is 14.4. The van der Waals surface area contributed by atoms with Crippen LogP contribution in [0.2, 0.25) is 10.0 Å². The predicted octanol–water partition coefficient (Wildman–Crippen LogP) is 6.71. The molecule has 15 heteroatoms. The molecular formula is C37H44Cl2N6O7. The summed E-state index contributed by atoms with van der Waals surface area (Å²) in [6.45, 7) is 11.3. The summed E-state index contributed by atoms with van der Waals surface area (Å²) in [5, 5.41) is 17.3. The zero-order valence-electron chi connectivity index (χ0n) is 30.2. The number of likely N-dealkylation sites (N-methyl/N-ethyl adjacent to an activating group) is 1. The van der Waals surface area contributed by atoms with E-state index in [0.717, 1.165) is 0 Å². The van der Waals surface area contributed by atoms with Crippen molar-refractivity contribution in [3.8, 4) is 5.75 Å². The SMILES string of the molecule is CN1CCN(c2cc(Cl)cc(CNc3ccc(Cl)cc3C(=O)Nc3ccc(C(=N)NC(=O)OC(C)(C)C)cc3)c2OCC(=O)OC(C)(C)C)C(=O)C1. The van der Waals surface area contributed by atoms with Crippen LogP contribution in [0.1, 0.15) is 63.0 Å². The number of carbonyl (C=O) groups is 4. The third-order valence-electron chi connectivity index (χ3n) is 7.32. The second kappa shape index (κ2) is 16.7. The number of carbonyl (C=O) groups excluding carboxylic acids is 4. The molecule has 0 atom stereocenters. The first-order valence-corrected chi connectivity index (χ1v) is 17.2. The van der Waals surface area contributed by atoms with E-state index in [-0.39, 0.29) is 36.1 Å². The van der Waals surface area contributed by atoms with Crippen molar-refractivity contribution in [1.29, 1.82) is 5.41 Å². The molecule has 13 nitrogen and oxygen atoms in total. The third kappa shape index (κ3) is 11.6. The van der Waals surface area contributed by atoms with Gasteiger partial charge >= 0.3 is 12.1 Å². The molecule has 1 heterocycles. The molecule has 278 valence electrons. The summed E-state index contributed by atoms with van der Waals surface area (Å²) in [7, 11) is 1.86. The van der Waals surface area contributed by atoms with Crippen LogP contribution in [0, 0.1) is 5.41 Å². The van der Waals surface area contributed by atoms with Crippen molar-refractivity contribution in [3.63, 3.8) is 0 Å². The number of alkyl carbamates (subject to hydrolysis) is 1. The summed E-state index contributed by atoms with van der Waals surface area (Å²) in [4.78, 5) is 54.9. The maximum atomic E-state index is 13.6. The van der Waals surface area contributed by atoms with Crippen LogP contribution in [0.3, 0.4) is 0 Å². The van der Waals surface area contributed by atoms with Gasteiger partial charge in [-0.25, -0.2) is 9.59 Å². The van der Waals surface area contributed by atoms with Crippen LogP contribution in [0.25, 0.3) is 0 Å². The van der Waals surface area contributed by atoms with E-state index in [2.05, 4.69) is 16.0 Å². The Bertz CT molecular complexity index is 1840. The Hall–Kier alpha value is -4.85. The summed E-state index contributed by atoms with van der Waals surface area (Å²) >= 11 is 12.9. The van der Waals surface area contributed by atoms with Crippen LogP contribution in [0.15, 0.2) is 54.6 Å². The molecular weight excluding hydrogens is 711 g/mol. The second-order valence-electron chi connectivity index (χ2n) is 14.1. The van der Waals surface area contributed by atoms with Crippen LogP contribution in [-0.4, -0.2) is 79.1 Å². The Morgan fingerprint density at radius 2 is 1.56 bits per heavy atom. The molecule has 0 saturated carbocycles. The smallest absolute Gasteiger partial charge is 0.413 e. The lowest BCUT2D eigenvalue weighted by Crippen LogP contribution is -2.49. The van der Waals surface area contributed by atoms with Gasteiger partial charge in [0.05, 0.1) is 17.8 Å². The largest absolute Gasteiger partial charge is 0.479 e. The highest BCUT2D eigenvalue weighted by molar-refractivity contribution is 6.31. The first kappa shape index (κ1) is 39.9. The van der Waals surface area contributed by atoms with E-state index in [0.29, 0.717) is 51.3 Å². The van der Waals surface area contributed by atoms with Crippen molar-refractivity contribution >= 4 is 70.0 Å². The van der Waals surface area contributed by atoms with E-state index in [9.17, 15) is 19.2 Å². The number of piperazine rings is 1. The summed E-state index contributed by atoms with van der Waals surface area (Å²) in [5.74, 6) is -1.11. The first-order valence-electron chi connectivity index (χ1n) is 16.5. The average molecular weight is 756 g/mol. The number of amidine groups is 1. The van der Waals surface area contributed by atoms with Gasteiger partial charge in [-0.05, 0) is 103 Å². The Balaban J connectivity index is 1.55. The standard InChI is InChI=1S/C37H44Cl2N6O7/c1-36(2,3)51-31(47)21-50-32-23(16-25(39)18-29(32)45-15-14-44(7)20-30(45)46)19-41-28-13-10-24(38)17-27(28)34(48)42-26-11-8-22(9-12-26)33(40)43-35(49)52-37(4,5)6/h8-13,16-18,41H,14-15,19-21H2,1-7H3,(H,42,48)(H2,40,43,49). The molecule has 1 aliphatic heterocycles. The van der Waals surface area contributed by atoms with Gasteiger partial charge in [0.15, 0.2) is 6.61 Å². The van der Waals surface area contributed by atoms with Gasteiger partial charge in [-0.1, -0.05) is 23.2 Å². The van der Waals surface area contributed by atoms with Crippen molar-refractivity contribution in [2.24, 2.45) is 0 Å². The fourth-order valence-electron chi connectivity index (χ4n) is 5.13. The monoisotopic (exact) mass is 754 g/mol. The van der Waals surface area contributed by atoms with E-state index in [1.54, 1.807) is 95.0 Å². The van der Waals surface area contributed by atoms with E-state index >= 15 is 0 Å². The third-order valence-corrected chi connectivity index (χ3v) is 7.77. The molecule has 0 unspecified atom stereocenters. The topological polar surface area (TPSA) is 162 Å². The maximum absolute atomic E-state index is 13.6. The minimum Gasteiger partial charge on any atom is -0.479 e. The van der Waals surface area contributed by atoms with Crippen molar-refractivity contribution in [2.75, 3.05) is 48.8 Å². The number of nitrogens with zero attached hydrogens (tertiary/aromatic N) is 2. The van der Waals surface area contributed by atoms with Crippen LogP contribution in [-0.2, 0) is 25.6 Å². The number of amides is 3. The normalized spacial score (nSPS) is 13.6. The molecule has 1 aliphatic rings. The number of nitrogens with one attached hydrogen (secondary N) is 4. The zero-order valence-corrected chi connectivity index (χ0v) is 31.8. The van der Waals surface area contributed by atoms with Crippen molar-refractivity contribution in [3.05, 3.63) is 81.3 Å². The van der Waals surface area contributed by atoms with Gasteiger partial charge < -0.3 is 29.7 Å². The van der Waals surface area contributed by atoms with E-state index in [4.69, 9.17) is 42.8 Å². The fourth-order valence-corrected chi connectivity index (χ4v) is 5.53. The number of hydrogen-bond acceptors (Lipinski definition) is 10. The molecule has 52 heavy (non-hydrogen) atoms. The lowest BCUT2D eigenvalue weighted by atomic mass is 10.1. The highest BCUT2D eigenvalue weighted by atomic mass is 35.5. The molecule has 4 N–H and O–H groups in total. The van der Waals surface area contributed by atoms with Crippen LogP contribution < -0.4 is 25.6 Å². The van der Waals surface area contributed by atoms with Crippen LogP contribution in [0.5, 0.6) is 5.75 Å². The maximum Gasteiger partial charge on any atom is 0.413 e.